The van der Waals surface area contributed by atoms with Gasteiger partial charge < -0.3 is 10.1 Å². The molecule has 3 nitrogen and oxygen atoms in total. The van der Waals surface area contributed by atoms with E-state index in [1.54, 1.807) is 6.41 Å². The van der Waals surface area contributed by atoms with Crippen molar-refractivity contribution in [1.82, 2.24) is 5.32 Å². The lowest BCUT2D eigenvalue weighted by molar-refractivity contribution is 0.0675. The van der Waals surface area contributed by atoms with Gasteiger partial charge >= 0.3 is 6.41 Å². The molecule has 0 aromatic carbocycles. The smallest absolute Gasteiger partial charge is 0.309 e. The van der Waals surface area contributed by atoms with Crippen molar-refractivity contribution in [2.24, 2.45) is 5.92 Å². The highest BCUT2D eigenvalue weighted by atomic mass is 16.5. The van der Waals surface area contributed by atoms with Crippen LogP contribution in [0.1, 0.15) is 12.8 Å². The summed E-state index contributed by atoms with van der Waals surface area (Å²) in [6, 6.07) is 0. The number of ether oxygens (including phenoxy) is 1. The van der Waals surface area contributed by atoms with Gasteiger partial charge in [0.15, 0.2) is 0 Å². The van der Waals surface area contributed by atoms with E-state index in [2.05, 4.69) is 5.32 Å². The topological polar surface area (TPSA) is 38.3 Å². The van der Waals surface area contributed by atoms with Crippen LogP contribution in [-0.2, 0) is 9.53 Å². The third-order valence-electron chi connectivity index (χ3n) is 1.80. The molecule has 1 fully saturated rings. The summed E-state index contributed by atoms with van der Waals surface area (Å²) in [5.41, 5.74) is 0. The Balaban J connectivity index is 2.07. The lowest BCUT2D eigenvalue weighted by atomic mass is 10.0. The molecule has 0 bridgehead atoms. The van der Waals surface area contributed by atoms with Gasteiger partial charge in [0.25, 0.3) is 0 Å². The molecule has 1 radical (unpaired) electrons. The maximum absolute atomic E-state index is 9.78. The molecule has 0 atom stereocenters. The molecule has 1 heterocycles. The maximum atomic E-state index is 9.78. The molecule has 1 N–H and O–H groups in total. The van der Waals surface area contributed by atoms with Crippen molar-refractivity contribution in [1.29, 1.82) is 0 Å². The highest BCUT2D eigenvalue weighted by Crippen LogP contribution is 2.12. The normalized spacial score (nSPS) is 20.4. The molecular weight excluding hydrogens is 130 g/mol. The van der Waals surface area contributed by atoms with E-state index in [4.69, 9.17) is 4.74 Å². The highest BCUT2D eigenvalue weighted by Gasteiger charge is 2.12. The van der Waals surface area contributed by atoms with E-state index in [-0.39, 0.29) is 0 Å². The summed E-state index contributed by atoms with van der Waals surface area (Å²) in [7, 11) is 0. The van der Waals surface area contributed by atoms with Gasteiger partial charge in [-0.2, -0.15) is 0 Å². The number of rotatable bonds is 3. The fourth-order valence-corrected chi connectivity index (χ4v) is 1.14. The zero-order valence-corrected chi connectivity index (χ0v) is 5.93. The van der Waals surface area contributed by atoms with Crippen LogP contribution in [0.15, 0.2) is 0 Å². The molecule has 0 aromatic heterocycles. The van der Waals surface area contributed by atoms with Crippen LogP contribution < -0.4 is 5.32 Å². The van der Waals surface area contributed by atoms with Gasteiger partial charge in [-0.15, -0.1) is 0 Å². The standard InChI is InChI=1S/C7H12NO2/c9-6-8-5-7-1-3-10-4-2-7/h7H,1-5H2,(H,8,9). The van der Waals surface area contributed by atoms with Crippen LogP contribution in [0.2, 0.25) is 0 Å². The first kappa shape index (κ1) is 7.54. The lowest BCUT2D eigenvalue weighted by Gasteiger charge is -2.20. The molecule has 1 aliphatic heterocycles. The molecule has 3 heteroatoms. The monoisotopic (exact) mass is 142 g/mol. The average molecular weight is 142 g/mol. The summed E-state index contributed by atoms with van der Waals surface area (Å²) in [5, 5.41) is 2.56. The predicted molar refractivity (Wildman–Crippen MR) is 37.2 cm³/mol. The Morgan fingerprint density at radius 2 is 2.20 bits per heavy atom. The SMILES string of the molecule is O=[C]NCC1CCOCC1. The van der Waals surface area contributed by atoms with Crippen LogP contribution in [0.25, 0.3) is 0 Å². The summed E-state index contributed by atoms with van der Waals surface area (Å²) >= 11 is 0. The van der Waals surface area contributed by atoms with Gasteiger partial charge in [0.1, 0.15) is 0 Å². The molecule has 0 aliphatic carbocycles. The summed E-state index contributed by atoms with van der Waals surface area (Å²) in [6.45, 7) is 2.43. The van der Waals surface area contributed by atoms with E-state index in [1.165, 1.54) is 0 Å². The van der Waals surface area contributed by atoms with E-state index < -0.39 is 0 Å². The van der Waals surface area contributed by atoms with Crippen LogP contribution in [0.5, 0.6) is 0 Å². The van der Waals surface area contributed by atoms with Crippen LogP contribution in [0.4, 0.5) is 0 Å². The molecule has 0 spiro atoms. The zero-order valence-electron chi connectivity index (χ0n) is 5.93. The van der Waals surface area contributed by atoms with Crippen molar-refractivity contribution >= 4 is 6.41 Å². The first-order chi connectivity index (χ1) is 4.93. The number of hydrogen-bond donors (Lipinski definition) is 1. The Kier molecular flexibility index (Phi) is 3.22. The van der Waals surface area contributed by atoms with Crippen molar-refractivity contribution in [2.75, 3.05) is 19.8 Å². The van der Waals surface area contributed by atoms with Gasteiger partial charge in [0.05, 0.1) is 0 Å². The number of hydrogen-bond acceptors (Lipinski definition) is 2. The van der Waals surface area contributed by atoms with Gasteiger partial charge in [0, 0.05) is 19.8 Å². The van der Waals surface area contributed by atoms with Crippen LogP contribution in [-0.4, -0.2) is 26.2 Å². The second-order valence-electron chi connectivity index (χ2n) is 2.54. The quantitative estimate of drug-likeness (QED) is 0.566. The molecule has 1 rings (SSSR count). The van der Waals surface area contributed by atoms with Gasteiger partial charge in [0.2, 0.25) is 0 Å². The van der Waals surface area contributed by atoms with Crippen molar-refractivity contribution in [3.8, 4) is 0 Å². The van der Waals surface area contributed by atoms with Gasteiger partial charge in [-0.1, -0.05) is 0 Å². The van der Waals surface area contributed by atoms with E-state index in [0.29, 0.717) is 5.92 Å². The molecule has 1 amide bonds. The molecule has 1 saturated heterocycles. The first-order valence-electron chi connectivity index (χ1n) is 3.61. The Labute approximate surface area is 60.7 Å². The summed E-state index contributed by atoms with van der Waals surface area (Å²) in [4.78, 5) is 9.78. The molecule has 10 heavy (non-hydrogen) atoms. The molecule has 0 unspecified atom stereocenters. The summed E-state index contributed by atoms with van der Waals surface area (Å²) < 4.78 is 5.15. The fourth-order valence-electron chi connectivity index (χ4n) is 1.14. The van der Waals surface area contributed by atoms with E-state index >= 15 is 0 Å². The van der Waals surface area contributed by atoms with E-state index in [9.17, 15) is 4.79 Å². The average Bonchev–Trinajstić information content (AvgIpc) is 2.03. The van der Waals surface area contributed by atoms with E-state index in [1.807, 2.05) is 0 Å². The number of carbonyl (C=O) groups excluding carboxylic acids is 1. The van der Waals surface area contributed by atoms with Crippen molar-refractivity contribution in [3.05, 3.63) is 0 Å². The van der Waals surface area contributed by atoms with Crippen LogP contribution in [0, 0.1) is 5.92 Å². The number of amides is 1. The Morgan fingerprint density at radius 3 is 2.80 bits per heavy atom. The largest absolute Gasteiger partial charge is 0.381 e. The zero-order chi connectivity index (χ0) is 7.23. The third-order valence-corrected chi connectivity index (χ3v) is 1.80. The van der Waals surface area contributed by atoms with Crippen molar-refractivity contribution in [3.63, 3.8) is 0 Å². The first-order valence-corrected chi connectivity index (χ1v) is 3.61. The highest BCUT2D eigenvalue weighted by molar-refractivity contribution is 5.46. The predicted octanol–water partition coefficient (Wildman–Crippen LogP) is 0.0698. The second-order valence-corrected chi connectivity index (χ2v) is 2.54. The Hall–Kier alpha value is -0.570. The molecule has 0 aromatic rings. The maximum Gasteiger partial charge on any atom is 0.309 e. The van der Waals surface area contributed by atoms with Gasteiger partial charge in [-0.3, -0.25) is 4.79 Å². The lowest BCUT2D eigenvalue weighted by Crippen LogP contribution is -2.26. The van der Waals surface area contributed by atoms with Gasteiger partial charge in [-0.25, -0.2) is 0 Å². The minimum atomic E-state index is 0.607. The van der Waals surface area contributed by atoms with Crippen molar-refractivity contribution in [2.45, 2.75) is 12.8 Å². The van der Waals surface area contributed by atoms with Crippen LogP contribution >= 0.6 is 0 Å². The third kappa shape index (κ3) is 2.35. The summed E-state index contributed by atoms with van der Waals surface area (Å²) in [5.74, 6) is 0.607. The molecule has 0 saturated carbocycles. The summed E-state index contributed by atoms with van der Waals surface area (Å²) in [6.07, 6.45) is 3.80. The van der Waals surface area contributed by atoms with Gasteiger partial charge in [-0.05, 0) is 18.8 Å². The van der Waals surface area contributed by atoms with Crippen LogP contribution in [0.3, 0.4) is 0 Å². The number of nitrogens with one attached hydrogen (secondary N) is 1. The fraction of sp³-hybridized carbons (Fsp3) is 0.857. The molecule has 1 aliphatic rings. The Bertz CT molecular complexity index is 99.8. The Morgan fingerprint density at radius 1 is 1.50 bits per heavy atom. The second kappa shape index (κ2) is 4.28. The van der Waals surface area contributed by atoms with E-state index in [0.717, 1.165) is 32.6 Å². The van der Waals surface area contributed by atoms with Crippen molar-refractivity contribution < 1.29 is 9.53 Å². The molecular formula is C7H12NO2. The minimum absolute atomic E-state index is 0.607. The molecule has 57 valence electrons. The minimum Gasteiger partial charge on any atom is -0.381 e.